The average Bonchev–Trinajstić information content (AvgIpc) is 2.89. The normalized spacial score (nSPS) is 10.0. The topological polar surface area (TPSA) is 108 Å². The van der Waals surface area contributed by atoms with Crippen LogP contribution in [0.25, 0.3) is 0 Å². The molecular weight excluding hydrogens is 236 g/mol. The van der Waals surface area contributed by atoms with Crippen molar-refractivity contribution in [2.24, 2.45) is 0 Å². The lowest BCUT2D eigenvalue weighted by Gasteiger charge is -2.05. The number of pyridine rings is 1. The van der Waals surface area contributed by atoms with Crippen LogP contribution in [0.3, 0.4) is 0 Å². The number of carboxylic acid groups (broad SMARTS) is 1. The number of aromatic carboxylic acids is 1. The molecule has 1 amide bonds. The van der Waals surface area contributed by atoms with Crippen LogP contribution in [0.2, 0.25) is 0 Å². The standard InChI is InChI=1S/C11H10N4O3/c16-10(13-4-7-5-14-15-6-7)9-8(11(17)18)2-1-3-12-9/h1-3,5-6H,4H2,(H,13,16)(H,14,15)(H,17,18). The van der Waals surface area contributed by atoms with E-state index >= 15 is 0 Å². The highest BCUT2D eigenvalue weighted by Gasteiger charge is 2.17. The molecule has 0 fully saturated rings. The third kappa shape index (κ3) is 2.51. The van der Waals surface area contributed by atoms with Gasteiger partial charge in [-0.1, -0.05) is 0 Å². The van der Waals surface area contributed by atoms with Gasteiger partial charge in [0.05, 0.1) is 11.8 Å². The lowest BCUT2D eigenvalue weighted by Crippen LogP contribution is -2.25. The summed E-state index contributed by atoms with van der Waals surface area (Å²) in [4.78, 5) is 26.5. The highest BCUT2D eigenvalue weighted by Crippen LogP contribution is 2.05. The zero-order chi connectivity index (χ0) is 13.0. The molecule has 18 heavy (non-hydrogen) atoms. The van der Waals surface area contributed by atoms with E-state index in [0.29, 0.717) is 0 Å². The van der Waals surface area contributed by atoms with Crippen LogP contribution < -0.4 is 5.32 Å². The number of aromatic amines is 1. The molecule has 0 spiro atoms. The third-order valence-corrected chi connectivity index (χ3v) is 2.26. The predicted molar refractivity (Wildman–Crippen MR) is 61.0 cm³/mol. The minimum absolute atomic E-state index is 0.103. The van der Waals surface area contributed by atoms with Gasteiger partial charge in [-0.3, -0.25) is 14.9 Å². The van der Waals surface area contributed by atoms with Gasteiger partial charge in [-0.25, -0.2) is 4.79 Å². The fourth-order valence-electron chi connectivity index (χ4n) is 1.40. The molecule has 2 rings (SSSR count). The molecule has 92 valence electrons. The summed E-state index contributed by atoms with van der Waals surface area (Å²) < 4.78 is 0. The molecule has 0 saturated carbocycles. The Morgan fingerprint density at radius 3 is 2.94 bits per heavy atom. The molecule has 2 aromatic heterocycles. The van der Waals surface area contributed by atoms with Gasteiger partial charge in [-0.05, 0) is 12.1 Å². The zero-order valence-corrected chi connectivity index (χ0v) is 9.25. The molecule has 0 radical (unpaired) electrons. The van der Waals surface area contributed by atoms with Gasteiger partial charge in [-0.15, -0.1) is 0 Å². The molecule has 3 N–H and O–H groups in total. The second-order valence-electron chi connectivity index (χ2n) is 3.49. The molecule has 0 aliphatic carbocycles. The number of carbonyl (C=O) groups excluding carboxylic acids is 1. The van der Waals surface area contributed by atoms with Gasteiger partial charge < -0.3 is 10.4 Å². The second kappa shape index (κ2) is 5.09. The predicted octanol–water partition coefficient (Wildman–Crippen LogP) is 0.433. The van der Waals surface area contributed by atoms with Gasteiger partial charge in [-0.2, -0.15) is 5.10 Å². The summed E-state index contributed by atoms with van der Waals surface area (Å²) in [5.74, 6) is -1.72. The summed E-state index contributed by atoms with van der Waals surface area (Å²) in [6.45, 7) is 0.255. The highest BCUT2D eigenvalue weighted by atomic mass is 16.4. The Hall–Kier alpha value is -2.70. The highest BCUT2D eigenvalue weighted by molar-refractivity contribution is 6.03. The molecule has 2 heterocycles. The number of nitrogens with zero attached hydrogens (tertiary/aromatic N) is 2. The number of hydrogen-bond donors (Lipinski definition) is 3. The Morgan fingerprint density at radius 1 is 1.44 bits per heavy atom. The smallest absolute Gasteiger partial charge is 0.338 e. The van der Waals surface area contributed by atoms with E-state index < -0.39 is 11.9 Å². The molecule has 7 heteroatoms. The first-order valence-electron chi connectivity index (χ1n) is 5.12. The van der Waals surface area contributed by atoms with Crippen LogP contribution in [0, 0.1) is 0 Å². The van der Waals surface area contributed by atoms with Crippen molar-refractivity contribution in [1.29, 1.82) is 0 Å². The summed E-state index contributed by atoms with van der Waals surface area (Å²) in [6.07, 6.45) is 4.58. The summed E-state index contributed by atoms with van der Waals surface area (Å²) in [7, 11) is 0. The fourth-order valence-corrected chi connectivity index (χ4v) is 1.40. The monoisotopic (exact) mass is 246 g/mol. The average molecular weight is 246 g/mol. The van der Waals surface area contributed by atoms with E-state index in [0.717, 1.165) is 5.56 Å². The first-order valence-corrected chi connectivity index (χ1v) is 5.12. The van der Waals surface area contributed by atoms with E-state index in [9.17, 15) is 9.59 Å². The van der Waals surface area contributed by atoms with Crippen molar-refractivity contribution in [3.05, 3.63) is 47.5 Å². The minimum Gasteiger partial charge on any atom is -0.478 e. The van der Waals surface area contributed by atoms with Crippen LogP contribution in [-0.4, -0.2) is 32.2 Å². The van der Waals surface area contributed by atoms with Crippen molar-refractivity contribution >= 4 is 11.9 Å². The van der Waals surface area contributed by atoms with Crippen LogP contribution in [0.1, 0.15) is 26.4 Å². The second-order valence-corrected chi connectivity index (χ2v) is 3.49. The number of carbonyl (C=O) groups is 2. The molecular formula is C11H10N4O3. The van der Waals surface area contributed by atoms with Crippen molar-refractivity contribution in [2.45, 2.75) is 6.54 Å². The number of hydrogen-bond acceptors (Lipinski definition) is 4. The van der Waals surface area contributed by atoms with Gasteiger partial charge in [0, 0.05) is 24.5 Å². The maximum atomic E-state index is 11.8. The number of rotatable bonds is 4. The van der Waals surface area contributed by atoms with Crippen LogP contribution in [0.4, 0.5) is 0 Å². The van der Waals surface area contributed by atoms with Crippen molar-refractivity contribution in [1.82, 2.24) is 20.5 Å². The quantitative estimate of drug-likeness (QED) is 0.725. The van der Waals surface area contributed by atoms with Gasteiger partial charge in [0.15, 0.2) is 0 Å². The Morgan fingerprint density at radius 2 is 2.28 bits per heavy atom. The Kier molecular flexibility index (Phi) is 3.33. The van der Waals surface area contributed by atoms with Crippen molar-refractivity contribution < 1.29 is 14.7 Å². The van der Waals surface area contributed by atoms with Crippen molar-refractivity contribution in [2.75, 3.05) is 0 Å². The Labute approximate surface area is 102 Å². The molecule has 0 bridgehead atoms. The fraction of sp³-hybridized carbons (Fsp3) is 0.0909. The van der Waals surface area contributed by atoms with E-state index in [-0.39, 0.29) is 17.8 Å². The van der Waals surface area contributed by atoms with Crippen LogP contribution in [0.15, 0.2) is 30.7 Å². The molecule has 0 aliphatic heterocycles. The molecule has 7 nitrogen and oxygen atoms in total. The van der Waals surface area contributed by atoms with Crippen LogP contribution >= 0.6 is 0 Å². The first kappa shape index (κ1) is 11.8. The number of nitrogens with one attached hydrogen (secondary N) is 2. The molecule has 0 saturated heterocycles. The van der Waals surface area contributed by atoms with E-state index in [1.807, 2.05) is 0 Å². The first-order chi connectivity index (χ1) is 8.68. The lowest BCUT2D eigenvalue weighted by molar-refractivity contribution is 0.0690. The number of amides is 1. The van der Waals surface area contributed by atoms with Gasteiger partial charge in [0.2, 0.25) is 0 Å². The maximum absolute atomic E-state index is 11.8. The van der Waals surface area contributed by atoms with E-state index in [1.165, 1.54) is 18.3 Å². The number of aromatic nitrogens is 3. The molecule has 2 aromatic rings. The Balaban J connectivity index is 2.11. The number of carboxylic acids is 1. The molecule has 0 atom stereocenters. The molecule has 0 unspecified atom stereocenters. The summed E-state index contributed by atoms with van der Waals surface area (Å²) in [6, 6.07) is 2.80. The van der Waals surface area contributed by atoms with E-state index in [4.69, 9.17) is 5.11 Å². The van der Waals surface area contributed by atoms with Crippen molar-refractivity contribution in [3.8, 4) is 0 Å². The SMILES string of the molecule is O=C(O)c1cccnc1C(=O)NCc1cn[nH]c1. The summed E-state index contributed by atoms with van der Waals surface area (Å²) >= 11 is 0. The third-order valence-electron chi connectivity index (χ3n) is 2.26. The van der Waals surface area contributed by atoms with Gasteiger partial charge >= 0.3 is 5.97 Å². The minimum atomic E-state index is -1.18. The summed E-state index contributed by atoms with van der Waals surface area (Å²) in [5.41, 5.74) is 0.562. The van der Waals surface area contributed by atoms with Crippen LogP contribution in [-0.2, 0) is 6.54 Å². The maximum Gasteiger partial charge on any atom is 0.338 e. The summed E-state index contributed by atoms with van der Waals surface area (Å²) in [5, 5.41) is 17.8. The van der Waals surface area contributed by atoms with Crippen molar-refractivity contribution in [3.63, 3.8) is 0 Å². The van der Waals surface area contributed by atoms with Gasteiger partial charge in [0.1, 0.15) is 5.69 Å². The largest absolute Gasteiger partial charge is 0.478 e. The van der Waals surface area contributed by atoms with E-state index in [1.54, 1.807) is 12.4 Å². The van der Waals surface area contributed by atoms with Gasteiger partial charge in [0.25, 0.3) is 5.91 Å². The van der Waals surface area contributed by atoms with Crippen LogP contribution in [0.5, 0.6) is 0 Å². The zero-order valence-electron chi connectivity index (χ0n) is 9.25. The molecule has 0 aromatic carbocycles. The Bertz CT molecular complexity index is 565. The lowest BCUT2D eigenvalue weighted by atomic mass is 10.2. The number of H-pyrrole nitrogens is 1. The molecule has 0 aliphatic rings. The van der Waals surface area contributed by atoms with E-state index in [2.05, 4.69) is 20.5 Å².